The Morgan fingerprint density at radius 2 is 2.13 bits per heavy atom. The Labute approximate surface area is 93.9 Å². The van der Waals surface area contributed by atoms with Crippen molar-refractivity contribution < 1.29 is 4.52 Å². The van der Waals surface area contributed by atoms with Crippen LogP contribution >= 0.6 is 11.6 Å². The van der Waals surface area contributed by atoms with Crippen LogP contribution in [-0.2, 0) is 0 Å². The van der Waals surface area contributed by atoms with Crippen molar-refractivity contribution in [3.8, 4) is 0 Å². The Balaban J connectivity index is 2.50. The van der Waals surface area contributed by atoms with Crippen molar-refractivity contribution in [1.82, 2.24) is 5.16 Å². The minimum Gasteiger partial charge on any atom is -0.361 e. The lowest BCUT2D eigenvalue weighted by Gasteiger charge is -2.02. The van der Waals surface area contributed by atoms with E-state index in [-0.39, 0.29) is 0 Å². The van der Waals surface area contributed by atoms with E-state index in [2.05, 4.69) is 11.2 Å². The molecule has 15 heavy (non-hydrogen) atoms. The van der Waals surface area contributed by atoms with Gasteiger partial charge in [0, 0.05) is 16.2 Å². The zero-order chi connectivity index (χ0) is 10.8. The molecule has 1 aromatic heterocycles. The minimum atomic E-state index is 0.733. The average molecular weight is 222 g/mol. The normalized spacial score (nSPS) is 15.9. The molecule has 0 unspecified atom stereocenters. The summed E-state index contributed by atoms with van der Waals surface area (Å²) < 4.78 is 5.15. The van der Waals surface area contributed by atoms with Gasteiger partial charge in [-0.2, -0.15) is 0 Å². The molecule has 0 spiro atoms. The van der Waals surface area contributed by atoms with Crippen LogP contribution in [0, 0.1) is 13.8 Å². The number of halogens is 1. The molecule has 0 bridgehead atoms. The maximum Gasteiger partial charge on any atom is 0.137 e. The first kappa shape index (κ1) is 10.2. The SMILES string of the molecule is Cc1onc(C2=C(Cl)C=CC=CC2)c1C. The highest BCUT2D eigenvalue weighted by Gasteiger charge is 2.15. The van der Waals surface area contributed by atoms with Gasteiger partial charge in [-0.1, -0.05) is 35.0 Å². The van der Waals surface area contributed by atoms with Crippen LogP contribution in [0.5, 0.6) is 0 Å². The van der Waals surface area contributed by atoms with Crippen LogP contribution in [0.2, 0.25) is 0 Å². The van der Waals surface area contributed by atoms with E-state index in [4.69, 9.17) is 16.1 Å². The summed E-state index contributed by atoms with van der Waals surface area (Å²) in [5, 5.41) is 4.78. The topological polar surface area (TPSA) is 26.0 Å². The molecule has 2 nitrogen and oxygen atoms in total. The fourth-order valence-corrected chi connectivity index (χ4v) is 1.75. The maximum atomic E-state index is 6.17. The molecule has 2 rings (SSSR count). The number of nitrogens with zero attached hydrogens (tertiary/aromatic N) is 1. The van der Waals surface area contributed by atoms with Crippen molar-refractivity contribution in [3.63, 3.8) is 0 Å². The zero-order valence-corrected chi connectivity index (χ0v) is 9.51. The molecule has 3 heteroatoms. The van der Waals surface area contributed by atoms with Crippen molar-refractivity contribution in [2.45, 2.75) is 20.3 Å². The predicted octanol–water partition coefficient (Wildman–Crippen LogP) is 3.76. The molecule has 0 atom stereocenters. The summed E-state index contributed by atoms with van der Waals surface area (Å²) in [5.74, 6) is 0.846. The summed E-state index contributed by atoms with van der Waals surface area (Å²) in [7, 11) is 0. The standard InChI is InChI=1S/C12H12ClNO/c1-8-9(2)15-14-12(8)10-6-4-3-5-7-11(10)13/h3-5,7H,6H2,1-2H3. The fraction of sp³-hybridized carbons (Fsp3) is 0.250. The third-order valence-electron chi connectivity index (χ3n) is 2.54. The van der Waals surface area contributed by atoms with E-state index in [0.29, 0.717) is 0 Å². The summed E-state index contributed by atoms with van der Waals surface area (Å²) in [4.78, 5) is 0. The van der Waals surface area contributed by atoms with Gasteiger partial charge in [-0.25, -0.2) is 0 Å². The highest BCUT2D eigenvalue weighted by atomic mass is 35.5. The lowest BCUT2D eigenvalue weighted by molar-refractivity contribution is 0.395. The van der Waals surface area contributed by atoms with Crippen LogP contribution in [0.25, 0.3) is 5.57 Å². The summed E-state index contributed by atoms with van der Waals surface area (Å²) in [6.45, 7) is 3.90. The number of hydrogen-bond donors (Lipinski definition) is 0. The first-order chi connectivity index (χ1) is 7.20. The van der Waals surface area contributed by atoms with Crippen LogP contribution in [0.1, 0.15) is 23.4 Å². The largest absolute Gasteiger partial charge is 0.361 e. The van der Waals surface area contributed by atoms with E-state index in [9.17, 15) is 0 Å². The van der Waals surface area contributed by atoms with E-state index in [1.54, 1.807) is 0 Å². The van der Waals surface area contributed by atoms with Crippen LogP contribution in [0.4, 0.5) is 0 Å². The van der Waals surface area contributed by atoms with Gasteiger partial charge in [0.2, 0.25) is 0 Å². The van der Waals surface area contributed by atoms with Crippen LogP contribution in [0.15, 0.2) is 33.9 Å². The lowest BCUT2D eigenvalue weighted by Crippen LogP contribution is -1.88. The van der Waals surface area contributed by atoms with Gasteiger partial charge >= 0.3 is 0 Å². The van der Waals surface area contributed by atoms with Gasteiger partial charge in [0.15, 0.2) is 0 Å². The van der Waals surface area contributed by atoms with Crippen LogP contribution in [-0.4, -0.2) is 5.16 Å². The molecule has 0 amide bonds. The highest BCUT2D eigenvalue weighted by Crippen LogP contribution is 2.30. The number of rotatable bonds is 1. The molecule has 0 aliphatic heterocycles. The monoisotopic (exact) mass is 221 g/mol. The second kappa shape index (κ2) is 4.07. The van der Waals surface area contributed by atoms with Crippen molar-refractivity contribution in [3.05, 3.63) is 46.4 Å². The van der Waals surface area contributed by atoms with Crippen molar-refractivity contribution in [1.29, 1.82) is 0 Å². The molecule has 1 aliphatic rings. The van der Waals surface area contributed by atoms with Gasteiger partial charge in [-0.05, 0) is 26.3 Å². The third-order valence-corrected chi connectivity index (χ3v) is 2.90. The molecule has 0 saturated carbocycles. The van der Waals surface area contributed by atoms with E-state index in [0.717, 1.165) is 34.0 Å². The summed E-state index contributed by atoms with van der Waals surface area (Å²) in [6, 6.07) is 0. The lowest BCUT2D eigenvalue weighted by atomic mass is 10.0. The minimum absolute atomic E-state index is 0.733. The van der Waals surface area contributed by atoms with Crippen LogP contribution in [0.3, 0.4) is 0 Å². The fourth-order valence-electron chi connectivity index (χ4n) is 1.51. The molecule has 0 radical (unpaired) electrons. The van der Waals surface area contributed by atoms with Gasteiger partial charge in [-0.15, -0.1) is 0 Å². The third kappa shape index (κ3) is 1.90. The van der Waals surface area contributed by atoms with Crippen molar-refractivity contribution in [2.24, 2.45) is 0 Å². The summed E-state index contributed by atoms with van der Waals surface area (Å²) in [6.07, 6.45) is 8.64. The molecular weight excluding hydrogens is 210 g/mol. The van der Waals surface area contributed by atoms with Gasteiger partial charge in [0.25, 0.3) is 0 Å². The number of aromatic nitrogens is 1. The molecule has 78 valence electrons. The Hall–Kier alpha value is -1.28. The zero-order valence-electron chi connectivity index (χ0n) is 8.75. The van der Waals surface area contributed by atoms with Crippen molar-refractivity contribution in [2.75, 3.05) is 0 Å². The Bertz CT molecular complexity index is 466. The van der Waals surface area contributed by atoms with Gasteiger partial charge in [0.1, 0.15) is 11.5 Å². The molecular formula is C12H12ClNO. The Morgan fingerprint density at radius 1 is 1.33 bits per heavy atom. The van der Waals surface area contributed by atoms with E-state index in [1.165, 1.54) is 0 Å². The summed E-state index contributed by atoms with van der Waals surface area (Å²) >= 11 is 6.17. The Kier molecular flexibility index (Phi) is 2.78. The number of allylic oxidation sites excluding steroid dienone is 6. The molecule has 1 aromatic rings. The van der Waals surface area contributed by atoms with Crippen molar-refractivity contribution >= 4 is 17.2 Å². The second-order valence-corrected chi connectivity index (χ2v) is 3.94. The highest BCUT2D eigenvalue weighted by molar-refractivity contribution is 6.34. The molecule has 1 heterocycles. The predicted molar refractivity (Wildman–Crippen MR) is 61.6 cm³/mol. The molecule has 0 aromatic carbocycles. The molecule has 0 fully saturated rings. The molecule has 1 aliphatic carbocycles. The Morgan fingerprint density at radius 3 is 2.80 bits per heavy atom. The quantitative estimate of drug-likeness (QED) is 0.722. The number of aryl methyl sites for hydroxylation is 1. The van der Waals surface area contributed by atoms with Crippen LogP contribution < -0.4 is 0 Å². The van der Waals surface area contributed by atoms with E-state index >= 15 is 0 Å². The number of hydrogen-bond acceptors (Lipinski definition) is 2. The molecule has 0 N–H and O–H groups in total. The van der Waals surface area contributed by atoms with Gasteiger partial charge < -0.3 is 4.52 Å². The van der Waals surface area contributed by atoms with E-state index < -0.39 is 0 Å². The smallest absolute Gasteiger partial charge is 0.137 e. The molecule has 0 saturated heterocycles. The first-order valence-electron chi connectivity index (χ1n) is 4.85. The summed E-state index contributed by atoms with van der Waals surface area (Å²) in [5.41, 5.74) is 2.96. The second-order valence-electron chi connectivity index (χ2n) is 3.53. The first-order valence-corrected chi connectivity index (χ1v) is 5.23. The van der Waals surface area contributed by atoms with E-state index in [1.807, 2.05) is 32.1 Å². The van der Waals surface area contributed by atoms with Gasteiger partial charge in [-0.3, -0.25) is 0 Å². The maximum absolute atomic E-state index is 6.17. The average Bonchev–Trinajstić information content (AvgIpc) is 2.43. The van der Waals surface area contributed by atoms with Gasteiger partial charge in [0.05, 0.1) is 0 Å².